The van der Waals surface area contributed by atoms with Crippen molar-refractivity contribution < 1.29 is 23.8 Å². The molecule has 0 unspecified atom stereocenters. The van der Waals surface area contributed by atoms with Gasteiger partial charge in [-0.05, 0) is 55.2 Å². The second-order valence-corrected chi connectivity index (χ2v) is 9.12. The Bertz CT molecular complexity index is 1010. The van der Waals surface area contributed by atoms with Gasteiger partial charge in [-0.2, -0.15) is 0 Å². The molecular weight excluding hydrogens is 396 g/mol. The van der Waals surface area contributed by atoms with Crippen LogP contribution in [0.2, 0.25) is 0 Å². The number of benzene rings is 1. The number of aromatic nitrogens is 1. The third-order valence-electron chi connectivity index (χ3n) is 7.61. The molecule has 0 spiro atoms. The van der Waals surface area contributed by atoms with Crippen molar-refractivity contribution in [3.8, 4) is 5.75 Å². The van der Waals surface area contributed by atoms with Gasteiger partial charge in [-0.25, -0.2) is 0 Å². The van der Waals surface area contributed by atoms with E-state index in [-0.39, 0.29) is 23.9 Å². The highest BCUT2D eigenvalue weighted by Gasteiger charge is 2.51. The molecule has 5 atom stereocenters. The summed E-state index contributed by atoms with van der Waals surface area (Å²) < 4.78 is 16.1. The van der Waals surface area contributed by atoms with Gasteiger partial charge in [-0.1, -0.05) is 0 Å². The van der Waals surface area contributed by atoms with Gasteiger partial charge in [0.15, 0.2) is 0 Å². The number of H-pyrrole nitrogens is 1. The van der Waals surface area contributed by atoms with Crippen molar-refractivity contribution in [1.82, 2.24) is 9.88 Å². The molecule has 31 heavy (non-hydrogen) atoms. The first-order valence-electron chi connectivity index (χ1n) is 11.2. The molecule has 1 aromatic carbocycles. The Morgan fingerprint density at radius 1 is 1.19 bits per heavy atom. The number of nitrogens with one attached hydrogen (secondary N) is 1. The molecule has 1 N–H and O–H groups in total. The molecule has 1 saturated heterocycles. The van der Waals surface area contributed by atoms with Crippen molar-refractivity contribution in [2.45, 2.75) is 44.8 Å². The molecule has 0 bridgehead atoms. The number of piperidine rings is 1. The molecule has 2 fully saturated rings. The first-order valence-corrected chi connectivity index (χ1v) is 11.2. The van der Waals surface area contributed by atoms with Gasteiger partial charge in [0.1, 0.15) is 11.9 Å². The van der Waals surface area contributed by atoms with Crippen LogP contribution >= 0.6 is 0 Å². The number of rotatable bonds is 3. The van der Waals surface area contributed by atoms with E-state index < -0.39 is 12.0 Å². The van der Waals surface area contributed by atoms with Gasteiger partial charge in [-0.15, -0.1) is 0 Å². The summed E-state index contributed by atoms with van der Waals surface area (Å²) in [6.07, 6.45) is 3.17. The molecule has 3 heterocycles. The molecule has 7 heteroatoms. The molecule has 1 saturated carbocycles. The van der Waals surface area contributed by atoms with E-state index in [1.54, 1.807) is 7.11 Å². The summed E-state index contributed by atoms with van der Waals surface area (Å²) in [5.74, 6) is 0.404. The van der Waals surface area contributed by atoms with Crippen LogP contribution in [0.15, 0.2) is 18.2 Å². The maximum Gasteiger partial charge on any atom is 0.312 e. The third kappa shape index (κ3) is 3.39. The molecule has 1 aliphatic carbocycles. The van der Waals surface area contributed by atoms with Crippen molar-refractivity contribution >= 4 is 22.8 Å². The van der Waals surface area contributed by atoms with Gasteiger partial charge in [0, 0.05) is 42.7 Å². The molecule has 2 aromatic rings. The SMILES string of the molecule is COC(=O)[C@H]1[C@@H]2C[C@H]3c4[nH]c5cc(OC)ccc5c4CCN3C[C@@H]2CC[C@@H]1OC(C)=O. The zero-order valence-electron chi connectivity index (χ0n) is 18.3. The number of esters is 2. The lowest BCUT2D eigenvalue weighted by Gasteiger charge is -2.51. The Labute approximate surface area is 182 Å². The fourth-order valence-corrected chi connectivity index (χ4v) is 6.29. The smallest absolute Gasteiger partial charge is 0.312 e. The average Bonchev–Trinajstić information content (AvgIpc) is 3.15. The Kier molecular flexibility index (Phi) is 5.16. The van der Waals surface area contributed by atoms with Gasteiger partial charge in [0.25, 0.3) is 0 Å². The monoisotopic (exact) mass is 426 g/mol. The summed E-state index contributed by atoms with van der Waals surface area (Å²) in [5, 5.41) is 1.25. The molecule has 0 radical (unpaired) electrons. The number of hydrogen-bond donors (Lipinski definition) is 1. The number of nitrogens with zero attached hydrogens (tertiary/aromatic N) is 1. The quantitative estimate of drug-likeness (QED) is 0.759. The summed E-state index contributed by atoms with van der Waals surface area (Å²) >= 11 is 0. The largest absolute Gasteiger partial charge is 0.497 e. The van der Waals surface area contributed by atoms with Gasteiger partial charge in [0.05, 0.1) is 26.2 Å². The molecule has 3 aliphatic rings. The summed E-state index contributed by atoms with van der Waals surface area (Å²) in [7, 11) is 3.11. The van der Waals surface area contributed by atoms with E-state index in [0.29, 0.717) is 5.92 Å². The van der Waals surface area contributed by atoms with Crippen LogP contribution in [-0.4, -0.2) is 55.2 Å². The maximum atomic E-state index is 12.8. The molecular formula is C24H30N2O5. The second kappa shape index (κ2) is 7.86. The van der Waals surface area contributed by atoms with Crippen molar-refractivity contribution in [3.63, 3.8) is 0 Å². The van der Waals surface area contributed by atoms with E-state index in [4.69, 9.17) is 14.2 Å². The van der Waals surface area contributed by atoms with Crippen molar-refractivity contribution in [3.05, 3.63) is 29.5 Å². The Balaban J connectivity index is 1.49. The Hall–Kier alpha value is -2.54. The van der Waals surface area contributed by atoms with E-state index >= 15 is 0 Å². The number of hydrogen-bond acceptors (Lipinski definition) is 6. The van der Waals surface area contributed by atoms with Gasteiger partial charge in [0.2, 0.25) is 0 Å². The van der Waals surface area contributed by atoms with Crippen LogP contribution in [0.5, 0.6) is 5.75 Å². The van der Waals surface area contributed by atoms with Crippen molar-refractivity contribution in [1.29, 1.82) is 0 Å². The number of carbonyl (C=O) groups excluding carboxylic acids is 2. The number of aromatic amines is 1. The minimum absolute atomic E-state index is 0.138. The predicted molar refractivity (Wildman–Crippen MR) is 115 cm³/mol. The number of ether oxygens (including phenoxy) is 3. The zero-order chi connectivity index (χ0) is 21.7. The summed E-state index contributed by atoms with van der Waals surface area (Å²) in [6, 6.07) is 6.43. The average molecular weight is 427 g/mol. The lowest BCUT2D eigenvalue weighted by molar-refractivity contribution is -0.171. The predicted octanol–water partition coefficient (Wildman–Crippen LogP) is 3.23. The highest BCUT2D eigenvalue weighted by atomic mass is 16.6. The van der Waals surface area contributed by atoms with E-state index in [1.807, 2.05) is 6.07 Å². The normalized spacial score (nSPS) is 30.1. The van der Waals surface area contributed by atoms with Crippen LogP contribution in [0.25, 0.3) is 10.9 Å². The zero-order valence-corrected chi connectivity index (χ0v) is 18.3. The highest BCUT2D eigenvalue weighted by Crippen LogP contribution is 2.50. The summed E-state index contributed by atoms with van der Waals surface area (Å²) in [6.45, 7) is 3.40. The van der Waals surface area contributed by atoms with Crippen LogP contribution < -0.4 is 4.74 Å². The minimum atomic E-state index is -0.398. The van der Waals surface area contributed by atoms with Crippen LogP contribution in [0, 0.1) is 17.8 Å². The van der Waals surface area contributed by atoms with Gasteiger partial charge in [-0.3, -0.25) is 14.5 Å². The van der Waals surface area contributed by atoms with Crippen LogP contribution in [-0.2, 0) is 25.5 Å². The third-order valence-corrected chi connectivity index (χ3v) is 7.61. The summed E-state index contributed by atoms with van der Waals surface area (Å²) in [5.41, 5.74) is 3.73. The van der Waals surface area contributed by atoms with Gasteiger partial charge < -0.3 is 19.2 Å². The second-order valence-electron chi connectivity index (χ2n) is 9.12. The van der Waals surface area contributed by atoms with Crippen molar-refractivity contribution in [2.24, 2.45) is 17.8 Å². The Morgan fingerprint density at radius 3 is 2.77 bits per heavy atom. The number of carbonyl (C=O) groups is 2. The van der Waals surface area contributed by atoms with E-state index in [9.17, 15) is 9.59 Å². The maximum absolute atomic E-state index is 12.8. The minimum Gasteiger partial charge on any atom is -0.497 e. The fraction of sp³-hybridized carbons (Fsp3) is 0.583. The van der Waals surface area contributed by atoms with E-state index in [2.05, 4.69) is 22.0 Å². The molecule has 0 amide bonds. The molecule has 1 aromatic heterocycles. The lowest BCUT2D eigenvalue weighted by atomic mass is 9.64. The molecule has 2 aliphatic heterocycles. The standard InChI is InChI=1S/C24H30N2O5/c1-13(27)31-21-7-4-14-12-26-9-8-17-16-6-5-15(29-2)10-19(16)25-23(17)20(26)11-18(14)22(21)24(28)30-3/h5-6,10,14,18,20-22,25H,4,7-9,11-12H2,1-3H3/t14-,18+,20-,21-,22-/m0/s1. The van der Waals surface area contributed by atoms with Gasteiger partial charge >= 0.3 is 11.9 Å². The number of fused-ring (bicyclic) bond motifs is 6. The van der Waals surface area contributed by atoms with Crippen LogP contribution in [0.4, 0.5) is 0 Å². The molecule has 5 rings (SSSR count). The molecule has 166 valence electrons. The lowest BCUT2D eigenvalue weighted by Crippen LogP contribution is -2.54. The highest BCUT2D eigenvalue weighted by molar-refractivity contribution is 5.86. The van der Waals surface area contributed by atoms with Crippen LogP contribution in [0.3, 0.4) is 0 Å². The molecule has 7 nitrogen and oxygen atoms in total. The Morgan fingerprint density at radius 2 is 2.03 bits per heavy atom. The van der Waals surface area contributed by atoms with Crippen LogP contribution in [0.1, 0.15) is 43.5 Å². The van der Waals surface area contributed by atoms with E-state index in [0.717, 1.165) is 50.0 Å². The fourth-order valence-electron chi connectivity index (χ4n) is 6.29. The van der Waals surface area contributed by atoms with E-state index in [1.165, 1.54) is 30.7 Å². The first-order chi connectivity index (χ1) is 15.0. The summed E-state index contributed by atoms with van der Waals surface area (Å²) in [4.78, 5) is 30.7. The topological polar surface area (TPSA) is 80.9 Å². The number of methoxy groups -OCH3 is 2. The first kappa shape index (κ1) is 20.4. The van der Waals surface area contributed by atoms with Crippen molar-refractivity contribution in [2.75, 3.05) is 27.3 Å².